The summed E-state index contributed by atoms with van der Waals surface area (Å²) in [6.45, 7) is 0. The van der Waals surface area contributed by atoms with Gasteiger partial charge in [0.05, 0.1) is 23.5 Å². The van der Waals surface area contributed by atoms with Gasteiger partial charge in [0, 0.05) is 11.7 Å². The van der Waals surface area contributed by atoms with Gasteiger partial charge in [-0.1, -0.05) is 6.07 Å². The summed E-state index contributed by atoms with van der Waals surface area (Å²) < 4.78 is 0. The number of amides is 2. The van der Waals surface area contributed by atoms with Crippen LogP contribution in [0.1, 0.15) is 18.4 Å². The summed E-state index contributed by atoms with van der Waals surface area (Å²) in [4.78, 5) is 15.9. The Bertz CT molecular complexity index is 716. The average Bonchev–Trinajstić information content (AvgIpc) is 3.33. The molecule has 1 saturated carbocycles. The number of hydrogen-bond donors (Lipinski definition) is 3. The summed E-state index contributed by atoms with van der Waals surface area (Å²) >= 11 is 0. The van der Waals surface area contributed by atoms with E-state index in [2.05, 4.69) is 27.0 Å². The Kier molecular flexibility index (Phi) is 3.88. The zero-order chi connectivity index (χ0) is 15.4. The zero-order valence-electron chi connectivity index (χ0n) is 11.8. The standard InChI is InChI=1S/C16H15N5O/c17-9-11-2-1-3-13(8-11)19-15-7-6-14(10-18-15)21-16(22)20-12-4-5-12/h1-3,6-8,10,12H,4-5H2,(H,18,19)(H2,20,21,22). The van der Waals surface area contributed by atoms with Crippen molar-refractivity contribution in [3.8, 4) is 6.07 Å². The first-order valence-corrected chi connectivity index (χ1v) is 7.04. The molecular formula is C16H15N5O. The molecule has 110 valence electrons. The Hall–Kier alpha value is -3.07. The number of anilines is 3. The second-order valence-electron chi connectivity index (χ2n) is 5.12. The van der Waals surface area contributed by atoms with Crippen molar-refractivity contribution in [2.24, 2.45) is 0 Å². The molecule has 1 aromatic carbocycles. The van der Waals surface area contributed by atoms with Crippen molar-refractivity contribution < 1.29 is 4.79 Å². The third kappa shape index (κ3) is 3.73. The average molecular weight is 293 g/mol. The molecule has 1 aromatic heterocycles. The van der Waals surface area contributed by atoms with Crippen LogP contribution in [-0.4, -0.2) is 17.1 Å². The van der Waals surface area contributed by atoms with Crippen LogP contribution in [0.3, 0.4) is 0 Å². The van der Waals surface area contributed by atoms with E-state index in [-0.39, 0.29) is 6.03 Å². The number of rotatable bonds is 4. The second kappa shape index (κ2) is 6.14. The van der Waals surface area contributed by atoms with E-state index in [1.54, 1.807) is 36.5 Å². The van der Waals surface area contributed by atoms with Gasteiger partial charge in [-0.2, -0.15) is 5.26 Å². The highest BCUT2D eigenvalue weighted by molar-refractivity contribution is 5.89. The van der Waals surface area contributed by atoms with Crippen LogP contribution in [0.2, 0.25) is 0 Å². The van der Waals surface area contributed by atoms with Crippen molar-refractivity contribution in [1.82, 2.24) is 10.3 Å². The molecule has 1 aliphatic carbocycles. The minimum absolute atomic E-state index is 0.202. The third-order valence-electron chi connectivity index (χ3n) is 3.20. The topological polar surface area (TPSA) is 89.8 Å². The SMILES string of the molecule is N#Cc1cccc(Nc2ccc(NC(=O)NC3CC3)cn2)c1. The Morgan fingerprint density at radius 3 is 2.77 bits per heavy atom. The van der Waals surface area contributed by atoms with Gasteiger partial charge in [0.25, 0.3) is 0 Å². The molecule has 0 unspecified atom stereocenters. The summed E-state index contributed by atoms with van der Waals surface area (Å²) in [5.74, 6) is 0.642. The highest BCUT2D eigenvalue weighted by atomic mass is 16.2. The number of urea groups is 1. The van der Waals surface area contributed by atoms with E-state index in [0.717, 1.165) is 18.5 Å². The van der Waals surface area contributed by atoms with Gasteiger partial charge in [-0.15, -0.1) is 0 Å². The Labute approximate surface area is 128 Å². The fraction of sp³-hybridized carbons (Fsp3) is 0.188. The van der Waals surface area contributed by atoms with Gasteiger partial charge in [0.15, 0.2) is 0 Å². The number of carbonyl (C=O) groups excluding carboxylic acids is 1. The number of pyridine rings is 1. The van der Waals surface area contributed by atoms with Crippen LogP contribution in [0.4, 0.5) is 22.0 Å². The predicted molar refractivity (Wildman–Crippen MR) is 83.9 cm³/mol. The van der Waals surface area contributed by atoms with Gasteiger partial charge in [-0.25, -0.2) is 9.78 Å². The quantitative estimate of drug-likeness (QED) is 0.808. The molecule has 0 spiro atoms. The molecule has 0 saturated heterocycles. The lowest BCUT2D eigenvalue weighted by Crippen LogP contribution is -2.30. The predicted octanol–water partition coefficient (Wildman–Crippen LogP) is 2.98. The lowest BCUT2D eigenvalue weighted by Gasteiger charge is -2.08. The van der Waals surface area contributed by atoms with E-state index in [1.807, 2.05) is 6.07 Å². The summed E-state index contributed by atoms with van der Waals surface area (Å²) in [6, 6.07) is 12.9. The van der Waals surface area contributed by atoms with Gasteiger partial charge in [0.1, 0.15) is 5.82 Å². The van der Waals surface area contributed by atoms with Crippen LogP contribution < -0.4 is 16.0 Å². The normalized spacial score (nSPS) is 13.0. The molecule has 0 radical (unpaired) electrons. The third-order valence-corrected chi connectivity index (χ3v) is 3.20. The molecule has 1 fully saturated rings. The molecule has 0 aliphatic heterocycles. The van der Waals surface area contributed by atoms with Crippen molar-refractivity contribution in [3.05, 3.63) is 48.2 Å². The maximum Gasteiger partial charge on any atom is 0.319 e. The van der Waals surface area contributed by atoms with Crippen molar-refractivity contribution in [2.75, 3.05) is 10.6 Å². The lowest BCUT2D eigenvalue weighted by molar-refractivity contribution is 0.251. The highest BCUT2D eigenvalue weighted by Crippen LogP contribution is 2.19. The van der Waals surface area contributed by atoms with Crippen molar-refractivity contribution >= 4 is 23.2 Å². The highest BCUT2D eigenvalue weighted by Gasteiger charge is 2.23. The first-order chi connectivity index (χ1) is 10.7. The fourth-order valence-corrected chi connectivity index (χ4v) is 1.94. The van der Waals surface area contributed by atoms with Crippen molar-refractivity contribution in [1.29, 1.82) is 5.26 Å². The fourth-order valence-electron chi connectivity index (χ4n) is 1.94. The maximum atomic E-state index is 11.6. The van der Waals surface area contributed by atoms with Crippen molar-refractivity contribution in [3.63, 3.8) is 0 Å². The molecule has 0 atom stereocenters. The van der Waals surface area contributed by atoms with Gasteiger partial charge in [-0.05, 0) is 43.2 Å². The summed E-state index contributed by atoms with van der Waals surface area (Å²) in [5.41, 5.74) is 2.01. The molecule has 0 bridgehead atoms. The summed E-state index contributed by atoms with van der Waals surface area (Å²) in [6.07, 6.45) is 3.69. The van der Waals surface area contributed by atoms with Crippen LogP contribution in [0.25, 0.3) is 0 Å². The smallest absolute Gasteiger partial charge is 0.319 e. The largest absolute Gasteiger partial charge is 0.340 e. The zero-order valence-corrected chi connectivity index (χ0v) is 11.8. The Morgan fingerprint density at radius 1 is 1.23 bits per heavy atom. The molecule has 3 rings (SSSR count). The second-order valence-corrected chi connectivity index (χ2v) is 5.12. The molecule has 2 amide bonds. The van der Waals surface area contributed by atoms with Crippen LogP contribution in [0.15, 0.2) is 42.6 Å². The minimum Gasteiger partial charge on any atom is -0.340 e. The Balaban J connectivity index is 1.60. The van der Waals surface area contributed by atoms with E-state index in [9.17, 15) is 4.79 Å². The molecular weight excluding hydrogens is 278 g/mol. The molecule has 6 heteroatoms. The molecule has 6 nitrogen and oxygen atoms in total. The number of benzene rings is 1. The molecule has 1 heterocycles. The van der Waals surface area contributed by atoms with Crippen LogP contribution in [0, 0.1) is 11.3 Å². The van der Waals surface area contributed by atoms with E-state index in [1.165, 1.54) is 0 Å². The Morgan fingerprint density at radius 2 is 2.09 bits per heavy atom. The van der Waals surface area contributed by atoms with E-state index < -0.39 is 0 Å². The number of nitrogens with zero attached hydrogens (tertiary/aromatic N) is 2. The monoisotopic (exact) mass is 293 g/mol. The lowest BCUT2D eigenvalue weighted by atomic mass is 10.2. The summed E-state index contributed by atoms with van der Waals surface area (Å²) in [7, 11) is 0. The molecule has 3 N–H and O–H groups in total. The number of hydrogen-bond acceptors (Lipinski definition) is 4. The number of nitrogens with one attached hydrogen (secondary N) is 3. The van der Waals surface area contributed by atoms with Crippen LogP contribution in [0.5, 0.6) is 0 Å². The van der Waals surface area contributed by atoms with Gasteiger partial charge >= 0.3 is 6.03 Å². The van der Waals surface area contributed by atoms with E-state index in [4.69, 9.17) is 5.26 Å². The molecule has 2 aromatic rings. The van der Waals surface area contributed by atoms with E-state index >= 15 is 0 Å². The maximum absolute atomic E-state index is 11.6. The number of aromatic nitrogens is 1. The first-order valence-electron chi connectivity index (χ1n) is 7.04. The van der Waals surface area contributed by atoms with E-state index in [0.29, 0.717) is 23.1 Å². The van der Waals surface area contributed by atoms with Crippen LogP contribution in [-0.2, 0) is 0 Å². The van der Waals surface area contributed by atoms with Gasteiger partial charge < -0.3 is 16.0 Å². The minimum atomic E-state index is -0.202. The molecule has 1 aliphatic rings. The van der Waals surface area contributed by atoms with Gasteiger partial charge in [0.2, 0.25) is 0 Å². The summed E-state index contributed by atoms with van der Waals surface area (Å²) in [5, 5.41) is 17.6. The molecule has 22 heavy (non-hydrogen) atoms. The number of nitriles is 1. The number of carbonyl (C=O) groups is 1. The first kappa shape index (κ1) is 13.9. The van der Waals surface area contributed by atoms with Crippen molar-refractivity contribution in [2.45, 2.75) is 18.9 Å². The van der Waals surface area contributed by atoms with Crippen LogP contribution >= 0.6 is 0 Å². The van der Waals surface area contributed by atoms with Gasteiger partial charge in [-0.3, -0.25) is 0 Å².